The average molecular weight is 408 g/mol. The van der Waals surface area contributed by atoms with E-state index in [1.165, 1.54) is 32.1 Å². The molecule has 2 aliphatic heterocycles. The number of hydrogen-bond donors (Lipinski definition) is 0. The zero-order chi connectivity index (χ0) is 18.8. The molecule has 7 fully saturated rings. The Bertz CT molecular complexity index is 598. The Labute approximate surface area is 172 Å². The number of ether oxygens (including phenoxy) is 1. The maximum absolute atomic E-state index is 12.6. The lowest BCUT2D eigenvalue weighted by Crippen LogP contribution is -2.59. The molecule has 0 unspecified atom stereocenters. The standard InChI is InChI=1S/C22H33NO4S/c24-20(23-5-7-28-8-6-23)14-15-1-3-21(4-2-15)25-22(27-26-21)18-10-16-9-17(12-18)13-19(22)11-16/h15-19H,1-14H2. The molecular weight excluding hydrogens is 374 g/mol. The van der Waals surface area contributed by atoms with Crippen LogP contribution in [0.3, 0.4) is 0 Å². The van der Waals surface area contributed by atoms with Gasteiger partial charge in [-0.1, -0.05) is 0 Å². The monoisotopic (exact) mass is 407 g/mol. The molecule has 4 bridgehead atoms. The van der Waals surface area contributed by atoms with Crippen molar-refractivity contribution in [1.29, 1.82) is 0 Å². The molecule has 156 valence electrons. The van der Waals surface area contributed by atoms with Crippen LogP contribution in [0.5, 0.6) is 0 Å². The molecule has 2 spiro atoms. The fourth-order valence-electron chi connectivity index (χ4n) is 7.31. The number of carbonyl (C=O) groups excluding carboxylic acids is 1. The first-order chi connectivity index (χ1) is 13.6. The van der Waals surface area contributed by atoms with E-state index in [2.05, 4.69) is 4.90 Å². The van der Waals surface area contributed by atoms with Crippen LogP contribution >= 0.6 is 11.8 Å². The normalized spacial score (nSPS) is 50.0. The number of amides is 1. The smallest absolute Gasteiger partial charge is 0.222 e. The van der Waals surface area contributed by atoms with E-state index in [0.717, 1.165) is 62.1 Å². The van der Waals surface area contributed by atoms with Crippen LogP contribution < -0.4 is 0 Å². The molecule has 7 aliphatic rings. The van der Waals surface area contributed by atoms with Gasteiger partial charge in [0.15, 0.2) is 0 Å². The molecule has 2 saturated heterocycles. The molecule has 0 atom stereocenters. The third-order valence-corrected chi connectivity index (χ3v) is 9.58. The molecule has 7 rings (SSSR count). The van der Waals surface area contributed by atoms with E-state index >= 15 is 0 Å². The maximum Gasteiger partial charge on any atom is 0.222 e. The lowest BCUT2D eigenvalue weighted by atomic mass is 9.53. The van der Waals surface area contributed by atoms with Crippen molar-refractivity contribution in [3.8, 4) is 0 Å². The highest BCUT2D eigenvalue weighted by Crippen LogP contribution is 2.63. The van der Waals surface area contributed by atoms with Gasteiger partial charge in [-0.15, -0.1) is 0 Å². The average Bonchev–Trinajstić information content (AvgIpc) is 3.08. The number of nitrogens with zero attached hydrogens (tertiary/aromatic N) is 1. The summed E-state index contributed by atoms with van der Waals surface area (Å²) in [5.41, 5.74) is 0. The van der Waals surface area contributed by atoms with Gasteiger partial charge in [0.1, 0.15) is 0 Å². The summed E-state index contributed by atoms with van der Waals surface area (Å²) >= 11 is 1.95. The van der Waals surface area contributed by atoms with Gasteiger partial charge >= 0.3 is 0 Å². The first-order valence-corrected chi connectivity index (χ1v) is 12.7. The summed E-state index contributed by atoms with van der Waals surface area (Å²) in [6.07, 6.45) is 10.9. The molecule has 5 nitrogen and oxygen atoms in total. The topological polar surface area (TPSA) is 48.0 Å². The molecule has 0 N–H and O–H groups in total. The zero-order valence-corrected chi connectivity index (χ0v) is 17.6. The Kier molecular flexibility index (Phi) is 4.52. The molecule has 0 aromatic carbocycles. The van der Waals surface area contributed by atoms with Gasteiger partial charge in [0.2, 0.25) is 17.5 Å². The van der Waals surface area contributed by atoms with E-state index in [0.29, 0.717) is 30.1 Å². The van der Waals surface area contributed by atoms with Gasteiger partial charge in [-0.25, -0.2) is 0 Å². The molecule has 2 heterocycles. The van der Waals surface area contributed by atoms with Crippen LogP contribution in [0.4, 0.5) is 0 Å². The second kappa shape index (κ2) is 6.86. The van der Waals surface area contributed by atoms with E-state index in [4.69, 9.17) is 14.5 Å². The van der Waals surface area contributed by atoms with E-state index in [1.807, 2.05) is 11.8 Å². The summed E-state index contributed by atoms with van der Waals surface area (Å²) < 4.78 is 6.78. The molecule has 5 aliphatic carbocycles. The van der Waals surface area contributed by atoms with Gasteiger partial charge in [-0.2, -0.15) is 21.5 Å². The van der Waals surface area contributed by atoms with E-state index in [9.17, 15) is 4.79 Å². The van der Waals surface area contributed by atoms with Gasteiger partial charge in [-0.05, 0) is 62.7 Å². The minimum atomic E-state index is -0.545. The number of hydrogen-bond acceptors (Lipinski definition) is 5. The van der Waals surface area contributed by atoms with E-state index in [1.54, 1.807) is 0 Å². The molecule has 0 aromatic rings. The Morgan fingerprint density at radius 3 is 2.21 bits per heavy atom. The molecule has 1 amide bonds. The zero-order valence-electron chi connectivity index (χ0n) is 16.8. The Balaban J connectivity index is 1.07. The third-order valence-electron chi connectivity index (χ3n) is 8.64. The minimum absolute atomic E-state index is 0.350. The highest BCUT2D eigenvalue weighted by molar-refractivity contribution is 7.99. The maximum atomic E-state index is 12.6. The molecule has 0 radical (unpaired) electrons. The summed E-state index contributed by atoms with van der Waals surface area (Å²) in [7, 11) is 0. The minimum Gasteiger partial charge on any atom is -0.341 e. The van der Waals surface area contributed by atoms with Gasteiger partial charge in [0.05, 0.1) is 0 Å². The largest absolute Gasteiger partial charge is 0.341 e. The predicted molar refractivity (Wildman–Crippen MR) is 106 cm³/mol. The summed E-state index contributed by atoms with van der Waals surface area (Å²) in [6.45, 7) is 1.85. The highest BCUT2D eigenvalue weighted by atomic mass is 32.2. The quantitative estimate of drug-likeness (QED) is 0.648. The summed E-state index contributed by atoms with van der Waals surface area (Å²) in [6, 6.07) is 0. The SMILES string of the molecule is O=C(CC1CCC2(CC1)OOC1(O2)C2CC3CC(C2)CC1C3)N1CCSCC1. The number of thioether (sulfide) groups is 1. The molecule has 5 saturated carbocycles. The Morgan fingerprint density at radius 2 is 1.57 bits per heavy atom. The van der Waals surface area contributed by atoms with Crippen LogP contribution in [0, 0.1) is 29.6 Å². The van der Waals surface area contributed by atoms with Gasteiger partial charge in [0.25, 0.3) is 0 Å². The van der Waals surface area contributed by atoms with Crippen molar-refractivity contribution in [2.45, 2.75) is 75.8 Å². The summed E-state index contributed by atoms with van der Waals surface area (Å²) in [5, 5.41) is 0. The predicted octanol–water partition coefficient (Wildman–Crippen LogP) is 3.97. The molecule has 0 aromatic heterocycles. The van der Waals surface area contributed by atoms with Gasteiger partial charge < -0.3 is 9.64 Å². The van der Waals surface area contributed by atoms with Crippen LogP contribution in [0.1, 0.15) is 64.2 Å². The van der Waals surface area contributed by atoms with Crippen molar-refractivity contribution in [3.05, 3.63) is 0 Å². The highest BCUT2D eigenvalue weighted by Gasteiger charge is 2.66. The molecular formula is C22H33NO4S. The van der Waals surface area contributed by atoms with Crippen molar-refractivity contribution in [2.75, 3.05) is 24.6 Å². The third kappa shape index (κ3) is 2.97. The second-order valence-corrected chi connectivity index (χ2v) is 11.6. The lowest BCUT2D eigenvalue weighted by Gasteiger charge is -2.57. The van der Waals surface area contributed by atoms with E-state index in [-0.39, 0.29) is 0 Å². The Hall–Kier alpha value is -0.300. The van der Waals surface area contributed by atoms with Crippen molar-refractivity contribution in [1.82, 2.24) is 4.90 Å². The Morgan fingerprint density at radius 1 is 0.929 bits per heavy atom. The van der Waals surface area contributed by atoms with Crippen LogP contribution in [-0.2, 0) is 19.3 Å². The fraction of sp³-hybridized carbons (Fsp3) is 0.955. The summed E-state index contributed by atoms with van der Waals surface area (Å²) in [5.74, 6) is 4.84. The van der Waals surface area contributed by atoms with Crippen molar-refractivity contribution >= 4 is 17.7 Å². The number of carbonyl (C=O) groups is 1. The first-order valence-electron chi connectivity index (χ1n) is 11.6. The molecule has 6 heteroatoms. The van der Waals surface area contributed by atoms with Crippen molar-refractivity contribution < 1.29 is 19.3 Å². The van der Waals surface area contributed by atoms with Crippen LogP contribution in [0.25, 0.3) is 0 Å². The number of rotatable bonds is 2. The second-order valence-electron chi connectivity index (χ2n) is 10.3. The van der Waals surface area contributed by atoms with Crippen molar-refractivity contribution in [3.63, 3.8) is 0 Å². The summed E-state index contributed by atoms with van der Waals surface area (Å²) in [4.78, 5) is 26.8. The van der Waals surface area contributed by atoms with E-state index < -0.39 is 11.6 Å². The lowest BCUT2D eigenvalue weighted by molar-refractivity contribution is -0.390. The van der Waals surface area contributed by atoms with Crippen LogP contribution in [-0.4, -0.2) is 47.0 Å². The van der Waals surface area contributed by atoms with Crippen LogP contribution in [0.2, 0.25) is 0 Å². The molecule has 28 heavy (non-hydrogen) atoms. The fourth-order valence-corrected chi connectivity index (χ4v) is 8.21. The van der Waals surface area contributed by atoms with Crippen LogP contribution in [0.15, 0.2) is 0 Å². The van der Waals surface area contributed by atoms with Gasteiger partial charge in [-0.3, -0.25) is 4.79 Å². The first kappa shape index (κ1) is 18.5. The van der Waals surface area contributed by atoms with Gasteiger partial charge in [0, 0.05) is 55.7 Å². The van der Waals surface area contributed by atoms with Crippen molar-refractivity contribution in [2.24, 2.45) is 29.6 Å².